The molecular weight excluding hydrogens is 344 g/mol. The van der Waals surface area contributed by atoms with Crippen molar-refractivity contribution in [1.82, 2.24) is 4.90 Å². The molecule has 0 unspecified atom stereocenters. The number of anilines is 1. The highest BCUT2D eigenvalue weighted by molar-refractivity contribution is 7.14. The molecule has 2 aromatic rings. The van der Waals surface area contributed by atoms with Crippen LogP contribution in [0.25, 0.3) is 0 Å². The van der Waals surface area contributed by atoms with E-state index < -0.39 is 0 Å². The monoisotopic (exact) mass is 370 g/mol. The molecule has 26 heavy (non-hydrogen) atoms. The first-order chi connectivity index (χ1) is 12.6. The van der Waals surface area contributed by atoms with Crippen molar-refractivity contribution >= 4 is 28.8 Å². The van der Waals surface area contributed by atoms with Crippen LogP contribution in [-0.2, 0) is 24.2 Å². The molecule has 1 aliphatic rings. The zero-order valence-corrected chi connectivity index (χ0v) is 16.3. The Bertz CT molecular complexity index is 797. The average Bonchev–Trinajstić information content (AvgIpc) is 3.22. The highest BCUT2D eigenvalue weighted by Crippen LogP contribution is 2.26. The maximum absolute atomic E-state index is 12.6. The van der Waals surface area contributed by atoms with E-state index in [0.29, 0.717) is 13.0 Å². The lowest BCUT2D eigenvalue weighted by Crippen LogP contribution is -2.23. The van der Waals surface area contributed by atoms with Gasteiger partial charge >= 0.3 is 0 Å². The van der Waals surface area contributed by atoms with Gasteiger partial charge in [-0.1, -0.05) is 32.4 Å². The summed E-state index contributed by atoms with van der Waals surface area (Å²) in [5.41, 5.74) is 3.11. The molecule has 0 aliphatic carbocycles. The summed E-state index contributed by atoms with van der Waals surface area (Å²) in [7, 11) is 0. The highest BCUT2D eigenvalue weighted by Gasteiger charge is 2.20. The van der Waals surface area contributed by atoms with Crippen LogP contribution in [0.2, 0.25) is 0 Å². The van der Waals surface area contributed by atoms with Crippen LogP contribution in [0, 0.1) is 0 Å². The van der Waals surface area contributed by atoms with E-state index in [1.54, 1.807) is 11.3 Å². The Morgan fingerprint density at radius 2 is 2.12 bits per heavy atom. The zero-order valence-electron chi connectivity index (χ0n) is 15.5. The molecule has 0 spiro atoms. The third-order valence-corrected chi connectivity index (χ3v) is 5.94. The standard InChI is InChI=1S/C21H26N2O2S/c1-3-7-18-16(4-2)13-19(26-18)21(25)22-17-9-5-8-15(12-17)14-23-11-6-10-20(23)24/h5,8-9,12-13H,3-4,6-7,10-11,14H2,1-2H3,(H,22,25). The van der Waals surface area contributed by atoms with Crippen LogP contribution >= 0.6 is 11.3 Å². The van der Waals surface area contributed by atoms with Crippen LogP contribution in [-0.4, -0.2) is 23.3 Å². The van der Waals surface area contributed by atoms with Crippen LogP contribution in [0.5, 0.6) is 0 Å². The Morgan fingerprint density at radius 3 is 2.81 bits per heavy atom. The lowest BCUT2D eigenvalue weighted by Gasteiger charge is -2.16. The second kappa shape index (κ2) is 8.49. The molecule has 0 bridgehead atoms. The number of carbonyl (C=O) groups excluding carboxylic acids is 2. The van der Waals surface area contributed by atoms with Crippen LogP contribution in [0.1, 0.15) is 58.8 Å². The third-order valence-electron chi connectivity index (χ3n) is 4.71. The lowest BCUT2D eigenvalue weighted by atomic mass is 10.1. The van der Waals surface area contributed by atoms with Gasteiger partial charge in [-0.25, -0.2) is 0 Å². The third kappa shape index (κ3) is 4.33. The quantitative estimate of drug-likeness (QED) is 0.772. The van der Waals surface area contributed by atoms with Crippen molar-refractivity contribution in [3.63, 3.8) is 0 Å². The fraction of sp³-hybridized carbons (Fsp3) is 0.429. The molecule has 1 aromatic carbocycles. The van der Waals surface area contributed by atoms with E-state index in [1.165, 1.54) is 10.4 Å². The van der Waals surface area contributed by atoms with Crippen molar-refractivity contribution in [3.05, 3.63) is 51.2 Å². The van der Waals surface area contributed by atoms with Crippen molar-refractivity contribution in [2.75, 3.05) is 11.9 Å². The summed E-state index contributed by atoms with van der Waals surface area (Å²) < 4.78 is 0. The highest BCUT2D eigenvalue weighted by atomic mass is 32.1. The zero-order chi connectivity index (χ0) is 18.5. The first kappa shape index (κ1) is 18.6. The van der Waals surface area contributed by atoms with E-state index in [-0.39, 0.29) is 11.8 Å². The predicted molar refractivity (Wildman–Crippen MR) is 107 cm³/mol. The van der Waals surface area contributed by atoms with Crippen LogP contribution in [0.4, 0.5) is 5.69 Å². The molecule has 0 atom stereocenters. The summed E-state index contributed by atoms with van der Waals surface area (Å²) >= 11 is 1.60. The van der Waals surface area contributed by atoms with Crippen LogP contribution in [0.15, 0.2) is 30.3 Å². The molecule has 4 nitrogen and oxygen atoms in total. The molecule has 3 rings (SSSR count). The number of likely N-dealkylation sites (tertiary alicyclic amines) is 1. The Kier molecular flexibility index (Phi) is 6.09. The molecule has 1 N–H and O–H groups in total. The Labute approximate surface area is 159 Å². The van der Waals surface area contributed by atoms with Gasteiger partial charge in [0.15, 0.2) is 0 Å². The smallest absolute Gasteiger partial charge is 0.265 e. The Hall–Kier alpha value is -2.14. The van der Waals surface area contributed by atoms with Gasteiger partial charge in [0.2, 0.25) is 5.91 Å². The van der Waals surface area contributed by atoms with E-state index in [4.69, 9.17) is 0 Å². The van der Waals surface area contributed by atoms with E-state index >= 15 is 0 Å². The van der Waals surface area contributed by atoms with Crippen LogP contribution in [0.3, 0.4) is 0 Å². The fourth-order valence-electron chi connectivity index (χ4n) is 3.35. The summed E-state index contributed by atoms with van der Waals surface area (Å²) in [6, 6.07) is 9.82. The summed E-state index contributed by atoms with van der Waals surface area (Å²) in [6.45, 7) is 5.73. The number of rotatable bonds is 7. The predicted octanol–water partition coefficient (Wildman–Crippen LogP) is 4.64. The molecule has 2 amide bonds. The number of hydrogen-bond donors (Lipinski definition) is 1. The van der Waals surface area contributed by atoms with E-state index in [0.717, 1.165) is 48.4 Å². The number of benzene rings is 1. The van der Waals surface area contributed by atoms with Crippen molar-refractivity contribution < 1.29 is 9.59 Å². The van der Waals surface area contributed by atoms with Crippen molar-refractivity contribution in [1.29, 1.82) is 0 Å². The average molecular weight is 371 g/mol. The van der Waals surface area contributed by atoms with Gasteiger partial charge < -0.3 is 10.2 Å². The van der Waals surface area contributed by atoms with Gasteiger partial charge in [-0.05, 0) is 48.6 Å². The molecule has 1 aromatic heterocycles. The number of hydrogen-bond acceptors (Lipinski definition) is 3. The molecule has 1 aliphatic heterocycles. The van der Waals surface area contributed by atoms with Gasteiger partial charge in [-0.2, -0.15) is 0 Å². The minimum absolute atomic E-state index is 0.0542. The van der Waals surface area contributed by atoms with Gasteiger partial charge in [0.05, 0.1) is 4.88 Å². The number of nitrogens with one attached hydrogen (secondary N) is 1. The Balaban J connectivity index is 1.69. The van der Waals surface area contributed by atoms with Gasteiger partial charge in [-0.3, -0.25) is 9.59 Å². The number of carbonyl (C=O) groups is 2. The van der Waals surface area contributed by atoms with Gasteiger partial charge in [-0.15, -0.1) is 11.3 Å². The lowest BCUT2D eigenvalue weighted by molar-refractivity contribution is -0.128. The minimum atomic E-state index is -0.0542. The second-order valence-corrected chi connectivity index (χ2v) is 7.87. The molecule has 2 heterocycles. The van der Waals surface area contributed by atoms with E-state index in [2.05, 4.69) is 19.2 Å². The number of thiophene rings is 1. The summed E-state index contributed by atoms with van der Waals surface area (Å²) in [4.78, 5) is 28.4. The molecule has 138 valence electrons. The fourth-order valence-corrected chi connectivity index (χ4v) is 4.60. The van der Waals surface area contributed by atoms with Gasteiger partial charge in [0, 0.05) is 30.1 Å². The molecule has 0 radical (unpaired) electrons. The van der Waals surface area contributed by atoms with E-state index in [1.807, 2.05) is 35.2 Å². The Morgan fingerprint density at radius 1 is 1.27 bits per heavy atom. The molecule has 1 saturated heterocycles. The van der Waals surface area contributed by atoms with Crippen molar-refractivity contribution in [3.8, 4) is 0 Å². The summed E-state index contributed by atoms with van der Waals surface area (Å²) in [5, 5.41) is 3.01. The van der Waals surface area contributed by atoms with E-state index in [9.17, 15) is 9.59 Å². The topological polar surface area (TPSA) is 49.4 Å². The molecule has 1 fully saturated rings. The molecular formula is C21H26N2O2S. The van der Waals surface area contributed by atoms with Crippen molar-refractivity contribution in [2.24, 2.45) is 0 Å². The molecule has 5 heteroatoms. The second-order valence-electron chi connectivity index (χ2n) is 6.74. The maximum Gasteiger partial charge on any atom is 0.265 e. The maximum atomic E-state index is 12.6. The first-order valence-electron chi connectivity index (χ1n) is 9.40. The number of nitrogens with zero attached hydrogens (tertiary/aromatic N) is 1. The van der Waals surface area contributed by atoms with Gasteiger partial charge in [0.1, 0.15) is 0 Å². The largest absolute Gasteiger partial charge is 0.338 e. The SMILES string of the molecule is CCCc1sc(C(=O)Nc2cccc(CN3CCCC3=O)c2)cc1CC. The minimum Gasteiger partial charge on any atom is -0.338 e. The van der Waals surface area contributed by atoms with Gasteiger partial charge in [0.25, 0.3) is 5.91 Å². The molecule has 0 saturated carbocycles. The summed E-state index contributed by atoms with van der Waals surface area (Å²) in [6.07, 6.45) is 4.66. The first-order valence-corrected chi connectivity index (χ1v) is 10.2. The number of aryl methyl sites for hydroxylation is 2. The summed E-state index contributed by atoms with van der Waals surface area (Å²) in [5.74, 6) is 0.162. The van der Waals surface area contributed by atoms with Crippen molar-refractivity contribution in [2.45, 2.75) is 52.5 Å². The normalized spacial score (nSPS) is 14.1. The number of amides is 2. The van der Waals surface area contributed by atoms with Crippen LogP contribution < -0.4 is 5.32 Å².